The number of fused-ring (bicyclic) bond motifs is 1. The lowest BCUT2D eigenvalue weighted by molar-refractivity contribution is 0.0995. The van der Waals surface area contributed by atoms with Crippen LogP contribution in [0.25, 0.3) is 5.69 Å². The number of alkyl halides is 1. The van der Waals surface area contributed by atoms with E-state index in [1.54, 1.807) is 38.9 Å². The van der Waals surface area contributed by atoms with E-state index in [0.717, 1.165) is 17.2 Å². The van der Waals surface area contributed by atoms with Crippen LogP contribution in [0.15, 0.2) is 36.8 Å². The van der Waals surface area contributed by atoms with Crippen LogP contribution in [0.5, 0.6) is 0 Å². The summed E-state index contributed by atoms with van der Waals surface area (Å²) in [5, 5.41) is 8.82. The minimum absolute atomic E-state index is 0.106. The zero-order valence-electron chi connectivity index (χ0n) is 14.8. The molecule has 8 nitrogen and oxygen atoms in total. The molecule has 0 aliphatic carbocycles. The Hall–Kier alpha value is -3.23. The van der Waals surface area contributed by atoms with Gasteiger partial charge in [0.1, 0.15) is 12.0 Å². The van der Waals surface area contributed by atoms with Crippen molar-refractivity contribution in [3.8, 4) is 5.69 Å². The molecular formula is C18H18FN7O. The molecule has 0 N–H and O–H groups in total. The Labute approximate surface area is 154 Å². The first-order valence-corrected chi connectivity index (χ1v) is 8.84. The van der Waals surface area contributed by atoms with Crippen molar-refractivity contribution in [2.45, 2.75) is 19.1 Å². The van der Waals surface area contributed by atoms with E-state index in [-0.39, 0.29) is 5.91 Å². The summed E-state index contributed by atoms with van der Waals surface area (Å²) in [6, 6.07) is 5.56. The van der Waals surface area contributed by atoms with Crippen molar-refractivity contribution >= 4 is 17.5 Å². The first-order valence-electron chi connectivity index (χ1n) is 8.84. The van der Waals surface area contributed by atoms with Gasteiger partial charge in [-0.3, -0.25) is 14.4 Å². The standard InChI is InChI=1S/C18H18FN7O/c1-23-6-5-17(22-23)25-11-15-14(18(25)27)10-26(21-15)13-2-3-16(20-8-13)24-7-4-12(19)9-24/h2-3,5-6,8,10,12H,4,7,9,11H2,1H3/t12-/m1/s1. The fraction of sp³-hybridized carbons (Fsp3) is 0.333. The number of rotatable bonds is 3. The first kappa shape index (κ1) is 16.0. The van der Waals surface area contributed by atoms with Crippen LogP contribution in [0.2, 0.25) is 0 Å². The van der Waals surface area contributed by atoms with Crippen LogP contribution in [0.4, 0.5) is 16.0 Å². The predicted molar refractivity (Wildman–Crippen MR) is 96.8 cm³/mol. The van der Waals surface area contributed by atoms with E-state index in [4.69, 9.17) is 0 Å². The highest BCUT2D eigenvalue weighted by molar-refractivity contribution is 6.09. The van der Waals surface area contributed by atoms with Gasteiger partial charge in [0.25, 0.3) is 5.91 Å². The Balaban J connectivity index is 1.37. The fourth-order valence-electron chi connectivity index (χ4n) is 3.56. The van der Waals surface area contributed by atoms with Gasteiger partial charge in [0.05, 0.1) is 36.2 Å². The first-order chi connectivity index (χ1) is 13.1. The third-order valence-corrected chi connectivity index (χ3v) is 5.00. The number of hydrogen-bond donors (Lipinski definition) is 0. The van der Waals surface area contributed by atoms with Crippen LogP contribution in [0, 0.1) is 0 Å². The largest absolute Gasteiger partial charge is 0.354 e. The lowest BCUT2D eigenvalue weighted by Crippen LogP contribution is -2.24. The number of halogens is 1. The quantitative estimate of drug-likeness (QED) is 0.705. The molecule has 3 aromatic rings. The summed E-state index contributed by atoms with van der Waals surface area (Å²) < 4.78 is 16.7. The fourth-order valence-corrected chi connectivity index (χ4v) is 3.56. The molecule has 0 spiro atoms. The van der Waals surface area contributed by atoms with E-state index in [2.05, 4.69) is 15.2 Å². The smallest absolute Gasteiger partial charge is 0.263 e. The normalized spacial score (nSPS) is 19.2. The van der Waals surface area contributed by atoms with Gasteiger partial charge in [-0.1, -0.05) is 0 Å². The van der Waals surface area contributed by atoms with E-state index >= 15 is 0 Å². The summed E-state index contributed by atoms with van der Waals surface area (Å²) in [5.41, 5.74) is 2.06. The van der Waals surface area contributed by atoms with Crippen molar-refractivity contribution in [2.24, 2.45) is 7.05 Å². The number of pyridine rings is 1. The Kier molecular flexibility index (Phi) is 3.49. The summed E-state index contributed by atoms with van der Waals surface area (Å²) in [4.78, 5) is 20.7. The van der Waals surface area contributed by atoms with Crippen LogP contribution in [-0.2, 0) is 13.6 Å². The van der Waals surface area contributed by atoms with E-state index in [9.17, 15) is 9.18 Å². The summed E-state index contributed by atoms with van der Waals surface area (Å²) in [6.45, 7) is 1.47. The summed E-state index contributed by atoms with van der Waals surface area (Å²) in [7, 11) is 1.82. The molecule has 5 rings (SSSR count). The number of carbonyl (C=O) groups excluding carboxylic acids is 1. The molecule has 0 bridgehead atoms. The molecule has 5 heterocycles. The topological polar surface area (TPSA) is 72.1 Å². The van der Waals surface area contributed by atoms with E-state index in [1.165, 1.54) is 0 Å². The zero-order chi connectivity index (χ0) is 18.5. The third kappa shape index (κ3) is 2.66. The number of aromatic nitrogens is 5. The number of amides is 1. The molecule has 0 aromatic carbocycles. The molecule has 1 fully saturated rings. The Morgan fingerprint density at radius 1 is 1.19 bits per heavy atom. The Morgan fingerprint density at radius 3 is 2.70 bits per heavy atom. The van der Waals surface area contributed by atoms with Crippen molar-refractivity contribution in [3.63, 3.8) is 0 Å². The number of nitrogens with zero attached hydrogens (tertiary/aromatic N) is 7. The summed E-state index contributed by atoms with van der Waals surface area (Å²) in [6.07, 6.45) is 4.99. The average Bonchev–Trinajstić information content (AvgIpc) is 3.42. The SMILES string of the molecule is Cn1ccc(N2Cc3nn(-c4ccc(N5CC[C@@H](F)C5)nc4)cc3C2=O)n1. The van der Waals surface area contributed by atoms with Gasteiger partial charge in [0.2, 0.25) is 0 Å². The Morgan fingerprint density at radius 2 is 2.07 bits per heavy atom. The van der Waals surface area contributed by atoms with E-state index in [0.29, 0.717) is 37.4 Å². The maximum Gasteiger partial charge on any atom is 0.263 e. The molecule has 9 heteroatoms. The lowest BCUT2D eigenvalue weighted by Gasteiger charge is -2.16. The number of anilines is 2. The Bertz CT molecular complexity index is 1010. The van der Waals surface area contributed by atoms with Crippen molar-refractivity contribution < 1.29 is 9.18 Å². The highest BCUT2D eigenvalue weighted by Crippen LogP contribution is 2.27. The van der Waals surface area contributed by atoms with Crippen LogP contribution in [-0.4, -0.2) is 49.7 Å². The van der Waals surface area contributed by atoms with Crippen LogP contribution >= 0.6 is 0 Å². The van der Waals surface area contributed by atoms with Gasteiger partial charge in [-0.25, -0.2) is 14.1 Å². The molecular weight excluding hydrogens is 349 g/mol. The molecule has 1 atom stereocenters. The zero-order valence-corrected chi connectivity index (χ0v) is 14.8. The molecule has 138 valence electrons. The van der Waals surface area contributed by atoms with Gasteiger partial charge < -0.3 is 4.90 Å². The second kappa shape index (κ2) is 5.90. The molecule has 1 saturated heterocycles. The molecule has 0 saturated carbocycles. The van der Waals surface area contributed by atoms with Crippen LogP contribution in [0.1, 0.15) is 22.5 Å². The minimum Gasteiger partial charge on any atom is -0.354 e. The van der Waals surface area contributed by atoms with Gasteiger partial charge in [-0.05, 0) is 18.6 Å². The summed E-state index contributed by atoms with van der Waals surface area (Å²) >= 11 is 0. The highest BCUT2D eigenvalue weighted by atomic mass is 19.1. The highest BCUT2D eigenvalue weighted by Gasteiger charge is 2.33. The van der Waals surface area contributed by atoms with Gasteiger partial charge in [-0.2, -0.15) is 10.2 Å². The predicted octanol–water partition coefficient (Wildman–Crippen LogP) is 1.71. The molecule has 0 radical (unpaired) electrons. The van der Waals surface area contributed by atoms with Gasteiger partial charge in [-0.15, -0.1) is 0 Å². The van der Waals surface area contributed by atoms with Crippen LogP contribution in [0.3, 0.4) is 0 Å². The molecule has 0 unspecified atom stereocenters. The van der Waals surface area contributed by atoms with Crippen LogP contribution < -0.4 is 9.80 Å². The van der Waals surface area contributed by atoms with Gasteiger partial charge in [0.15, 0.2) is 5.82 Å². The van der Waals surface area contributed by atoms with Gasteiger partial charge in [0, 0.05) is 32.1 Å². The number of hydrogen-bond acceptors (Lipinski definition) is 5. The lowest BCUT2D eigenvalue weighted by atomic mass is 10.3. The number of aryl methyl sites for hydroxylation is 1. The monoisotopic (exact) mass is 367 g/mol. The van der Waals surface area contributed by atoms with Crippen molar-refractivity contribution in [1.82, 2.24) is 24.5 Å². The average molecular weight is 367 g/mol. The number of carbonyl (C=O) groups is 1. The maximum atomic E-state index is 13.4. The molecule has 27 heavy (non-hydrogen) atoms. The summed E-state index contributed by atoms with van der Waals surface area (Å²) in [5.74, 6) is 1.27. The molecule has 3 aromatic heterocycles. The van der Waals surface area contributed by atoms with Crippen molar-refractivity contribution in [2.75, 3.05) is 22.9 Å². The van der Waals surface area contributed by atoms with E-state index < -0.39 is 6.17 Å². The second-order valence-corrected chi connectivity index (χ2v) is 6.88. The van der Waals surface area contributed by atoms with E-state index in [1.807, 2.05) is 24.1 Å². The second-order valence-electron chi connectivity index (χ2n) is 6.88. The van der Waals surface area contributed by atoms with Crippen molar-refractivity contribution in [1.29, 1.82) is 0 Å². The van der Waals surface area contributed by atoms with Gasteiger partial charge >= 0.3 is 0 Å². The third-order valence-electron chi connectivity index (χ3n) is 5.00. The van der Waals surface area contributed by atoms with Crippen molar-refractivity contribution in [3.05, 3.63) is 48.0 Å². The maximum absolute atomic E-state index is 13.4. The molecule has 2 aliphatic heterocycles. The minimum atomic E-state index is -0.784. The molecule has 1 amide bonds. The molecule has 2 aliphatic rings.